The van der Waals surface area contributed by atoms with Crippen LogP contribution >= 0.6 is 0 Å². The van der Waals surface area contributed by atoms with Crippen LogP contribution in [0.2, 0.25) is 0 Å². The summed E-state index contributed by atoms with van der Waals surface area (Å²) in [6.45, 7) is 1.39. The monoisotopic (exact) mass is 295 g/mol. The lowest BCUT2D eigenvalue weighted by atomic mass is 9.95. The average Bonchev–Trinajstić information content (AvgIpc) is 2.49. The first kappa shape index (κ1) is 16.0. The number of nitrogens with zero attached hydrogens (tertiary/aromatic N) is 2. The van der Waals surface area contributed by atoms with E-state index in [0.717, 1.165) is 5.82 Å². The van der Waals surface area contributed by atoms with E-state index in [2.05, 4.69) is 15.3 Å². The van der Waals surface area contributed by atoms with E-state index < -0.39 is 0 Å². The number of hydrogen-bond acceptors (Lipinski definition) is 6. The van der Waals surface area contributed by atoms with Gasteiger partial charge in [-0.3, -0.25) is 0 Å². The summed E-state index contributed by atoms with van der Waals surface area (Å²) in [4.78, 5) is 8.82. The Morgan fingerprint density at radius 3 is 2.62 bits per heavy atom. The van der Waals surface area contributed by atoms with Gasteiger partial charge in [0.15, 0.2) is 5.82 Å². The maximum absolute atomic E-state index is 5.59. The van der Waals surface area contributed by atoms with E-state index >= 15 is 0 Å². The standard InChI is InChI=1S/C15H25N3O3/c1-19-8-9-21-15-10-13(17-14(18-15)11-20-2)16-12-6-4-3-5-7-12/h10,12H,3-9,11H2,1-2H3,(H,16,17,18). The largest absolute Gasteiger partial charge is 0.475 e. The molecule has 1 fully saturated rings. The number of ether oxygens (including phenoxy) is 3. The predicted octanol–water partition coefficient (Wildman–Crippen LogP) is 2.39. The summed E-state index contributed by atoms with van der Waals surface area (Å²) >= 11 is 0. The van der Waals surface area contributed by atoms with Crippen molar-refractivity contribution in [1.82, 2.24) is 9.97 Å². The van der Waals surface area contributed by atoms with Crippen molar-refractivity contribution in [3.63, 3.8) is 0 Å². The van der Waals surface area contributed by atoms with E-state index in [1.54, 1.807) is 14.2 Å². The van der Waals surface area contributed by atoms with Gasteiger partial charge in [-0.25, -0.2) is 4.98 Å². The molecule has 2 rings (SSSR count). The first-order valence-electron chi connectivity index (χ1n) is 7.57. The van der Waals surface area contributed by atoms with Gasteiger partial charge >= 0.3 is 0 Å². The molecule has 1 aliphatic carbocycles. The van der Waals surface area contributed by atoms with E-state index in [1.807, 2.05) is 6.07 Å². The highest BCUT2D eigenvalue weighted by molar-refractivity contribution is 5.39. The fraction of sp³-hybridized carbons (Fsp3) is 0.733. The van der Waals surface area contributed by atoms with Crippen LogP contribution in [0.3, 0.4) is 0 Å². The molecule has 6 nitrogen and oxygen atoms in total. The molecule has 0 saturated heterocycles. The van der Waals surface area contributed by atoms with Crippen molar-refractivity contribution in [2.45, 2.75) is 44.8 Å². The Morgan fingerprint density at radius 1 is 1.10 bits per heavy atom. The molecule has 0 aliphatic heterocycles. The molecular weight excluding hydrogens is 270 g/mol. The topological polar surface area (TPSA) is 65.5 Å². The van der Waals surface area contributed by atoms with Crippen molar-refractivity contribution < 1.29 is 14.2 Å². The molecule has 1 heterocycles. The number of anilines is 1. The summed E-state index contributed by atoms with van der Waals surface area (Å²) in [5, 5.41) is 3.49. The van der Waals surface area contributed by atoms with Gasteiger partial charge in [0, 0.05) is 26.3 Å². The molecular formula is C15H25N3O3. The van der Waals surface area contributed by atoms with Crippen molar-refractivity contribution in [1.29, 1.82) is 0 Å². The van der Waals surface area contributed by atoms with Crippen LogP contribution < -0.4 is 10.1 Å². The molecule has 21 heavy (non-hydrogen) atoms. The first-order chi connectivity index (χ1) is 10.3. The van der Waals surface area contributed by atoms with Crippen molar-refractivity contribution in [3.8, 4) is 5.88 Å². The molecule has 0 aromatic carbocycles. The second-order valence-corrected chi connectivity index (χ2v) is 5.26. The highest BCUT2D eigenvalue weighted by Gasteiger charge is 2.15. The molecule has 6 heteroatoms. The molecule has 0 spiro atoms. The Kier molecular flexibility index (Phi) is 6.69. The van der Waals surface area contributed by atoms with Crippen LogP contribution in [-0.4, -0.2) is 43.4 Å². The minimum Gasteiger partial charge on any atom is -0.475 e. The zero-order chi connectivity index (χ0) is 14.9. The van der Waals surface area contributed by atoms with Gasteiger partial charge < -0.3 is 19.5 Å². The van der Waals surface area contributed by atoms with Gasteiger partial charge in [-0.05, 0) is 12.8 Å². The quantitative estimate of drug-likeness (QED) is 0.743. The van der Waals surface area contributed by atoms with Gasteiger partial charge in [0.1, 0.15) is 19.0 Å². The maximum Gasteiger partial charge on any atom is 0.218 e. The Hall–Kier alpha value is -1.40. The third-order valence-corrected chi connectivity index (χ3v) is 3.52. The number of nitrogens with one attached hydrogen (secondary N) is 1. The zero-order valence-electron chi connectivity index (χ0n) is 12.9. The zero-order valence-corrected chi connectivity index (χ0v) is 12.9. The van der Waals surface area contributed by atoms with Crippen molar-refractivity contribution >= 4 is 5.82 Å². The van der Waals surface area contributed by atoms with E-state index in [9.17, 15) is 0 Å². The van der Waals surface area contributed by atoms with Gasteiger partial charge in [0.2, 0.25) is 5.88 Å². The van der Waals surface area contributed by atoms with Crippen LogP contribution in [0.15, 0.2) is 6.07 Å². The molecule has 0 radical (unpaired) electrons. The van der Waals surface area contributed by atoms with Crippen LogP contribution in [-0.2, 0) is 16.1 Å². The lowest BCUT2D eigenvalue weighted by Crippen LogP contribution is -2.23. The van der Waals surface area contributed by atoms with Crippen LogP contribution in [0, 0.1) is 0 Å². The van der Waals surface area contributed by atoms with Gasteiger partial charge in [-0.1, -0.05) is 19.3 Å². The van der Waals surface area contributed by atoms with E-state index in [1.165, 1.54) is 32.1 Å². The molecule has 0 bridgehead atoms. The lowest BCUT2D eigenvalue weighted by molar-refractivity contribution is 0.142. The lowest BCUT2D eigenvalue weighted by Gasteiger charge is -2.23. The van der Waals surface area contributed by atoms with Crippen LogP contribution in [0.4, 0.5) is 5.82 Å². The van der Waals surface area contributed by atoms with E-state index in [-0.39, 0.29) is 0 Å². The Balaban J connectivity index is 2.02. The summed E-state index contributed by atoms with van der Waals surface area (Å²) in [6, 6.07) is 2.35. The summed E-state index contributed by atoms with van der Waals surface area (Å²) in [7, 11) is 3.28. The normalized spacial score (nSPS) is 15.9. The minimum absolute atomic E-state index is 0.376. The number of aromatic nitrogens is 2. The molecule has 1 N–H and O–H groups in total. The average molecular weight is 295 g/mol. The van der Waals surface area contributed by atoms with Gasteiger partial charge in [-0.2, -0.15) is 4.98 Å². The number of hydrogen-bond donors (Lipinski definition) is 1. The predicted molar refractivity (Wildman–Crippen MR) is 80.6 cm³/mol. The third kappa shape index (κ3) is 5.47. The Labute approximate surface area is 126 Å². The molecule has 118 valence electrons. The number of methoxy groups -OCH3 is 2. The molecule has 1 aromatic rings. The summed E-state index contributed by atoms with van der Waals surface area (Å²) in [5.41, 5.74) is 0. The molecule has 1 aromatic heterocycles. The van der Waals surface area contributed by atoms with E-state index in [4.69, 9.17) is 14.2 Å². The summed E-state index contributed by atoms with van der Waals surface area (Å²) < 4.78 is 15.7. The Bertz CT molecular complexity index is 423. The fourth-order valence-electron chi connectivity index (χ4n) is 2.50. The fourth-order valence-corrected chi connectivity index (χ4v) is 2.50. The second kappa shape index (κ2) is 8.79. The minimum atomic E-state index is 0.376. The third-order valence-electron chi connectivity index (χ3n) is 3.52. The van der Waals surface area contributed by atoms with Crippen LogP contribution in [0.1, 0.15) is 37.9 Å². The van der Waals surface area contributed by atoms with E-state index in [0.29, 0.717) is 37.6 Å². The van der Waals surface area contributed by atoms with Gasteiger partial charge in [0.05, 0.1) is 6.61 Å². The molecule has 0 atom stereocenters. The van der Waals surface area contributed by atoms with Crippen molar-refractivity contribution in [3.05, 3.63) is 11.9 Å². The van der Waals surface area contributed by atoms with Crippen LogP contribution in [0.5, 0.6) is 5.88 Å². The molecule has 0 unspecified atom stereocenters. The second-order valence-electron chi connectivity index (χ2n) is 5.26. The Morgan fingerprint density at radius 2 is 1.90 bits per heavy atom. The SMILES string of the molecule is COCCOc1cc(NC2CCCCC2)nc(COC)n1. The summed E-state index contributed by atoms with van der Waals surface area (Å²) in [5.74, 6) is 2.01. The maximum atomic E-state index is 5.59. The number of rotatable bonds is 8. The highest BCUT2D eigenvalue weighted by atomic mass is 16.5. The van der Waals surface area contributed by atoms with Crippen LogP contribution in [0.25, 0.3) is 0 Å². The first-order valence-corrected chi connectivity index (χ1v) is 7.57. The van der Waals surface area contributed by atoms with Crippen molar-refractivity contribution in [2.75, 3.05) is 32.8 Å². The summed E-state index contributed by atoms with van der Waals surface area (Å²) in [6.07, 6.45) is 6.30. The smallest absolute Gasteiger partial charge is 0.218 e. The van der Waals surface area contributed by atoms with Gasteiger partial charge in [-0.15, -0.1) is 0 Å². The van der Waals surface area contributed by atoms with Gasteiger partial charge in [0.25, 0.3) is 0 Å². The highest BCUT2D eigenvalue weighted by Crippen LogP contribution is 2.22. The molecule has 1 aliphatic rings. The van der Waals surface area contributed by atoms with Crippen molar-refractivity contribution in [2.24, 2.45) is 0 Å². The molecule has 1 saturated carbocycles. The molecule has 0 amide bonds.